The number of hydrogen-bond acceptors (Lipinski definition) is 3. The molecule has 5 nitrogen and oxygen atoms in total. The maximum atomic E-state index is 12.6. The fourth-order valence-electron chi connectivity index (χ4n) is 2.68. The summed E-state index contributed by atoms with van der Waals surface area (Å²) in [7, 11) is 0. The molecule has 2 rings (SSSR count). The van der Waals surface area contributed by atoms with E-state index < -0.39 is 5.97 Å². The maximum Gasteiger partial charge on any atom is 0.303 e. The molecule has 5 heteroatoms. The first-order valence-corrected chi connectivity index (χ1v) is 7.76. The van der Waals surface area contributed by atoms with Crippen LogP contribution in [0.5, 0.6) is 0 Å². The van der Waals surface area contributed by atoms with E-state index in [1.807, 2.05) is 37.3 Å². The molecule has 0 bridgehead atoms. The lowest BCUT2D eigenvalue weighted by atomic mass is 10.1. The molecule has 1 fully saturated rings. The number of ether oxygens (including phenoxy) is 1. The Labute approximate surface area is 130 Å². The van der Waals surface area contributed by atoms with Crippen molar-refractivity contribution in [3.8, 4) is 0 Å². The van der Waals surface area contributed by atoms with Gasteiger partial charge in [0, 0.05) is 19.5 Å². The van der Waals surface area contributed by atoms with Crippen molar-refractivity contribution in [2.24, 2.45) is 0 Å². The number of rotatable bonds is 7. The zero-order valence-corrected chi connectivity index (χ0v) is 12.9. The van der Waals surface area contributed by atoms with Crippen LogP contribution in [0.4, 0.5) is 0 Å². The predicted octanol–water partition coefficient (Wildman–Crippen LogP) is 2.45. The Morgan fingerprint density at radius 2 is 2.00 bits per heavy atom. The molecule has 1 aromatic carbocycles. The number of hydrogen-bond donors (Lipinski definition) is 1. The predicted molar refractivity (Wildman–Crippen MR) is 82.3 cm³/mol. The number of carboxylic acids is 1. The molecule has 2 unspecified atom stereocenters. The lowest BCUT2D eigenvalue weighted by molar-refractivity contribution is -0.144. The molecule has 0 aliphatic carbocycles. The first-order valence-electron chi connectivity index (χ1n) is 7.76. The Bertz CT molecular complexity index is 503. The summed E-state index contributed by atoms with van der Waals surface area (Å²) in [5.74, 6) is -0.864. The molecule has 0 radical (unpaired) electrons. The van der Waals surface area contributed by atoms with E-state index in [1.165, 1.54) is 0 Å². The van der Waals surface area contributed by atoms with Gasteiger partial charge in [-0.2, -0.15) is 0 Å². The Balaban J connectivity index is 2.00. The summed E-state index contributed by atoms with van der Waals surface area (Å²) in [6.07, 6.45) is 1.89. The Kier molecular flexibility index (Phi) is 5.95. The zero-order chi connectivity index (χ0) is 15.9. The minimum atomic E-state index is -0.835. The van der Waals surface area contributed by atoms with Crippen LogP contribution in [0, 0.1) is 0 Å². The third kappa shape index (κ3) is 4.84. The van der Waals surface area contributed by atoms with Gasteiger partial charge in [0.05, 0.1) is 6.10 Å². The van der Waals surface area contributed by atoms with Gasteiger partial charge in [0.1, 0.15) is 6.10 Å². The average Bonchev–Trinajstić information content (AvgIpc) is 2.93. The highest BCUT2D eigenvalue weighted by Crippen LogP contribution is 2.22. The van der Waals surface area contributed by atoms with E-state index in [2.05, 4.69) is 0 Å². The number of carbonyl (C=O) groups is 2. The topological polar surface area (TPSA) is 66.8 Å². The fraction of sp³-hybridized carbons (Fsp3) is 0.529. The molecule has 1 saturated heterocycles. The Morgan fingerprint density at radius 1 is 1.27 bits per heavy atom. The molecule has 0 spiro atoms. The van der Waals surface area contributed by atoms with Crippen molar-refractivity contribution in [1.82, 2.24) is 4.90 Å². The first-order chi connectivity index (χ1) is 10.6. The smallest absolute Gasteiger partial charge is 0.303 e. The van der Waals surface area contributed by atoms with E-state index in [0.29, 0.717) is 19.5 Å². The van der Waals surface area contributed by atoms with Gasteiger partial charge in [0.25, 0.3) is 5.91 Å². The standard InChI is InChI=1S/C17H23NO4/c1-13-9-10-15(22-13)17(21)18(11-5-8-16(19)20)12-14-6-3-2-4-7-14/h2-4,6-7,13,15H,5,8-12H2,1H3,(H,19,20). The lowest BCUT2D eigenvalue weighted by Gasteiger charge is -2.25. The number of carboxylic acid groups (broad SMARTS) is 1. The van der Waals surface area contributed by atoms with Crippen molar-refractivity contribution < 1.29 is 19.4 Å². The fourth-order valence-corrected chi connectivity index (χ4v) is 2.68. The van der Waals surface area contributed by atoms with Crippen molar-refractivity contribution in [3.63, 3.8) is 0 Å². The molecule has 0 aromatic heterocycles. The second kappa shape index (κ2) is 7.94. The van der Waals surface area contributed by atoms with Gasteiger partial charge in [-0.25, -0.2) is 0 Å². The van der Waals surface area contributed by atoms with Crippen LogP contribution < -0.4 is 0 Å². The molecule has 1 aromatic rings. The third-order valence-electron chi connectivity index (χ3n) is 3.85. The molecule has 22 heavy (non-hydrogen) atoms. The van der Waals surface area contributed by atoms with Gasteiger partial charge in [0.15, 0.2) is 0 Å². The van der Waals surface area contributed by atoms with Crippen molar-refractivity contribution in [1.29, 1.82) is 0 Å². The van der Waals surface area contributed by atoms with E-state index in [-0.39, 0.29) is 24.5 Å². The highest BCUT2D eigenvalue weighted by molar-refractivity contribution is 5.81. The van der Waals surface area contributed by atoms with Gasteiger partial charge in [0.2, 0.25) is 0 Å². The van der Waals surface area contributed by atoms with Crippen LogP contribution >= 0.6 is 0 Å². The Hall–Kier alpha value is -1.88. The van der Waals surface area contributed by atoms with Crippen LogP contribution in [0.2, 0.25) is 0 Å². The second-order valence-corrected chi connectivity index (χ2v) is 5.76. The summed E-state index contributed by atoms with van der Waals surface area (Å²) in [6, 6.07) is 9.74. The molecule has 1 aliphatic rings. The summed E-state index contributed by atoms with van der Waals surface area (Å²) in [6.45, 7) is 2.90. The van der Waals surface area contributed by atoms with Crippen LogP contribution in [0.25, 0.3) is 0 Å². The Morgan fingerprint density at radius 3 is 2.59 bits per heavy atom. The molecular formula is C17H23NO4. The van der Waals surface area contributed by atoms with Crippen molar-refractivity contribution in [3.05, 3.63) is 35.9 Å². The molecule has 1 amide bonds. The monoisotopic (exact) mass is 305 g/mol. The van der Waals surface area contributed by atoms with Crippen LogP contribution in [0.1, 0.15) is 38.2 Å². The van der Waals surface area contributed by atoms with Crippen LogP contribution in [0.15, 0.2) is 30.3 Å². The third-order valence-corrected chi connectivity index (χ3v) is 3.85. The average molecular weight is 305 g/mol. The molecule has 0 saturated carbocycles. The van der Waals surface area contributed by atoms with E-state index in [1.54, 1.807) is 4.90 Å². The van der Waals surface area contributed by atoms with E-state index in [0.717, 1.165) is 18.4 Å². The highest BCUT2D eigenvalue weighted by Gasteiger charge is 2.31. The van der Waals surface area contributed by atoms with E-state index in [9.17, 15) is 9.59 Å². The SMILES string of the molecule is CC1CCC(C(=O)N(CCCC(=O)O)Cc2ccccc2)O1. The lowest BCUT2D eigenvalue weighted by Crippen LogP contribution is -2.39. The largest absolute Gasteiger partial charge is 0.481 e. The van der Waals surface area contributed by atoms with Gasteiger partial charge in [-0.1, -0.05) is 30.3 Å². The highest BCUT2D eigenvalue weighted by atomic mass is 16.5. The molecule has 120 valence electrons. The number of aliphatic carboxylic acids is 1. The number of amides is 1. The van der Waals surface area contributed by atoms with Gasteiger partial charge < -0.3 is 14.7 Å². The normalized spacial score (nSPS) is 20.8. The van der Waals surface area contributed by atoms with Crippen molar-refractivity contribution in [2.45, 2.75) is 51.4 Å². The second-order valence-electron chi connectivity index (χ2n) is 5.76. The summed E-state index contributed by atoms with van der Waals surface area (Å²) < 4.78 is 5.66. The summed E-state index contributed by atoms with van der Waals surface area (Å²) >= 11 is 0. The summed E-state index contributed by atoms with van der Waals surface area (Å²) in [5, 5.41) is 8.77. The first kappa shape index (κ1) is 16.5. The number of benzene rings is 1. The van der Waals surface area contributed by atoms with Crippen LogP contribution in [-0.4, -0.2) is 40.6 Å². The van der Waals surface area contributed by atoms with Crippen molar-refractivity contribution in [2.75, 3.05) is 6.54 Å². The van der Waals surface area contributed by atoms with Gasteiger partial charge >= 0.3 is 5.97 Å². The van der Waals surface area contributed by atoms with E-state index in [4.69, 9.17) is 9.84 Å². The molecule has 1 heterocycles. The molecular weight excluding hydrogens is 282 g/mol. The number of nitrogens with zero attached hydrogens (tertiary/aromatic N) is 1. The summed E-state index contributed by atoms with van der Waals surface area (Å²) in [5.41, 5.74) is 1.04. The quantitative estimate of drug-likeness (QED) is 0.840. The summed E-state index contributed by atoms with van der Waals surface area (Å²) in [4.78, 5) is 25.0. The van der Waals surface area contributed by atoms with Crippen LogP contribution in [-0.2, 0) is 20.9 Å². The number of carbonyl (C=O) groups excluding carboxylic acids is 1. The van der Waals surface area contributed by atoms with Crippen molar-refractivity contribution >= 4 is 11.9 Å². The van der Waals surface area contributed by atoms with Gasteiger partial charge in [-0.05, 0) is 31.7 Å². The maximum absolute atomic E-state index is 12.6. The molecule has 2 atom stereocenters. The van der Waals surface area contributed by atoms with Gasteiger partial charge in [-0.3, -0.25) is 9.59 Å². The molecule has 1 N–H and O–H groups in total. The molecule has 1 aliphatic heterocycles. The minimum absolute atomic E-state index is 0.0291. The minimum Gasteiger partial charge on any atom is -0.481 e. The van der Waals surface area contributed by atoms with E-state index >= 15 is 0 Å². The van der Waals surface area contributed by atoms with Crippen LogP contribution in [0.3, 0.4) is 0 Å². The zero-order valence-electron chi connectivity index (χ0n) is 12.9. The van der Waals surface area contributed by atoms with Gasteiger partial charge in [-0.15, -0.1) is 0 Å².